The van der Waals surface area contributed by atoms with Crippen LogP contribution in [0.4, 0.5) is 5.82 Å². The summed E-state index contributed by atoms with van der Waals surface area (Å²) in [6, 6.07) is 8.21. The standard InChI is InChI=1S/C17H23Cl2N5O3/c1-17(2,10-27-16-4-3-15(22-20)23-24-16)21-8-13(25)9-26-14-6-11(18)5-12(19)7-14/h3-7,13,21,25H,8-10,20H2,1-2H3,(H,22,23). The van der Waals surface area contributed by atoms with Crippen LogP contribution in [-0.2, 0) is 0 Å². The van der Waals surface area contributed by atoms with Crippen LogP contribution >= 0.6 is 23.2 Å². The first-order chi connectivity index (χ1) is 12.8. The monoisotopic (exact) mass is 415 g/mol. The number of hydrogen-bond donors (Lipinski definition) is 4. The summed E-state index contributed by atoms with van der Waals surface area (Å²) in [6.07, 6.45) is -0.725. The van der Waals surface area contributed by atoms with Crippen LogP contribution in [0.3, 0.4) is 0 Å². The molecule has 0 saturated heterocycles. The summed E-state index contributed by atoms with van der Waals surface area (Å²) < 4.78 is 11.1. The highest BCUT2D eigenvalue weighted by atomic mass is 35.5. The Bertz CT molecular complexity index is 711. The number of rotatable bonds is 10. The third kappa shape index (κ3) is 7.74. The third-order valence-electron chi connectivity index (χ3n) is 3.46. The smallest absolute Gasteiger partial charge is 0.233 e. The number of ether oxygens (including phenoxy) is 2. The van der Waals surface area contributed by atoms with Gasteiger partial charge in [-0.05, 0) is 38.1 Å². The number of hydrazine groups is 1. The van der Waals surface area contributed by atoms with Gasteiger partial charge in [-0.1, -0.05) is 23.2 Å². The number of nitrogens with one attached hydrogen (secondary N) is 2. The van der Waals surface area contributed by atoms with Crippen molar-refractivity contribution in [2.75, 3.05) is 25.2 Å². The molecule has 2 aromatic rings. The molecule has 1 atom stereocenters. The molecule has 1 aromatic carbocycles. The summed E-state index contributed by atoms with van der Waals surface area (Å²) in [6.45, 7) is 4.63. The van der Waals surface area contributed by atoms with Crippen molar-refractivity contribution in [3.05, 3.63) is 40.4 Å². The Morgan fingerprint density at radius 1 is 1.15 bits per heavy atom. The minimum Gasteiger partial charge on any atom is -0.491 e. The second kappa shape index (κ2) is 9.91. The van der Waals surface area contributed by atoms with Gasteiger partial charge in [0.15, 0.2) is 5.82 Å². The number of nitrogen functional groups attached to an aromatic ring is 1. The van der Waals surface area contributed by atoms with E-state index in [1.54, 1.807) is 30.3 Å². The molecule has 0 aliphatic rings. The zero-order valence-corrected chi connectivity index (χ0v) is 16.6. The van der Waals surface area contributed by atoms with E-state index >= 15 is 0 Å². The van der Waals surface area contributed by atoms with Crippen molar-refractivity contribution in [1.82, 2.24) is 15.5 Å². The van der Waals surface area contributed by atoms with Crippen LogP contribution in [0.5, 0.6) is 11.6 Å². The van der Waals surface area contributed by atoms with Crippen LogP contribution in [0.1, 0.15) is 13.8 Å². The molecule has 0 fully saturated rings. The molecule has 0 saturated carbocycles. The number of halogens is 2. The van der Waals surface area contributed by atoms with Crippen LogP contribution in [0, 0.1) is 0 Å². The number of aliphatic hydroxyl groups is 1. The highest BCUT2D eigenvalue weighted by Gasteiger charge is 2.20. The Labute approximate surface area is 167 Å². The first kappa shape index (κ1) is 21.5. The highest BCUT2D eigenvalue weighted by Crippen LogP contribution is 2.24. The maximum absolute atomic E-state index is 10.1. The van der Waals surface area contributed by atoms with Crippen LogP contribution in [0.15, 0.2) is 30.3 Å². The maximum atomic E-state index is 10.1. The van der Waals surface area contributed by atoms with Gasteiger partial charge in [0.05, 0.1) is 0 Å². The van der Waals surface area contributed by atoms with E-state index in [1.807, 2.05) is 13.8 Å². The van der Waals surface area contributed by atoms with Gasteiger partial charge in [-0.2, -0.15) is 0 Å². The maximum Gasteiger partial charge on any atom is 0.233 e. The van der Waals surface area contributed by atoms with E-state index in [0.29, 0.717) is 40.6 Å². The van der Waals surface area contributed by atoms with Gasteiger partial charge in [-0.3, -0.25) is 0 Å². The molecule has 1 aromatic heterocycles. The number of hydrogen-bond acceptors (Lipinski definition) is 8. The lowest BCUT2D eigenvalue weighted by Crippen LogP contribution is -2.48. The molecule has 0 radical (unpaired) electrons. The summed E-state index contributed by atoms with van der Waals surface area (Å²) in [5, 5.41) is 22.0. The molecule has 1 heterocycles. The lowest BCUT2D eigenvalue weighted by Gasteiger charge is -2.27. The zero-order valence-electron chi connectivity index (χ0n) is 15.1. The molecular formula is C17H23Cl2N5O3. The second-order valence-corrected chi connectivity index (χ2v) is 7.40. The Morgan fingerprint density at radius 2 is 1.85 bits per heavy atom. The van der Waals surface area contributed by atoms with Gasteiger partial charge in [0.25, 0.3) is 0 Å². The van der Waals surface area contributed by atoms with Gasteiger partial charge in [0.2, 0.25) is 5.88 Å². The van der Waals surface area contributed by atoms with Crippen molar-refractivity contribution in [1.29, 1.82) is 0 Å². The summed E-state index contributed by atoms with van der Waals surface area (Å²) >= 11 is 11.8. The number of aliphatic hydroxyl groups excluding tert-OH is 1. The third-order valence-corrected chi connectivity index (χ3v) is 3.90. The van der Waals surface area contributed by atoms with E-state index in [2.05, 4.69) is 20.9 Å². The molecule has 27 heavy (non-hydrogen) atoms. The zero-order chi connectivity index (χ0) is 19.9. The molecule has 1 unspecified atom stereocenters. The van der Waals surface area contributed by atoms with Crippen molar-refractivity contribution in [3.8, 4) is 11.6 Å². The van der Waals surface area contributed by atoms with E-state index in [-0.39, 0.29) is 6.61 Å². The first-order valence-electron chi connectivity index (χ1n) is 8.22. The van der Waals surface area contributed by atoms with Gasteiger partial charge < -0.3 is 25.3 Å². The van der Waals surface area contributed by atoms with Gasteiger partial charge >= 0.3 is 0 Å². The number of nitrogens with zero attached hydrogens (tertiary/aromatic N) is 2. The van der Waals surface area contributed by atoms with Gasteiger partial charge in [-0.25, -0.2) is 5.84 Å². The molecule has 0 amide bonds. The molecule has 10 heteroatoms. The summed E-state index contributed by atoms with van der Waals surface area (Å²) in [5.41, 5.74) is 1.98. The predicted octanol–water partition coefficient (Wildman–Crippen LogP) is 2.26. The van der Waals surface area contributed by atoms with E-state index < -0.39 is 11.6 Å². The minimum atomic E-state index is -0.725. The number of benzene rings is 1. The Morgan fingerprint density at radius 3 is 2.44 bits per heavy atom. The summed E-state index contributed by atoms with van der Waals surface area (Å²) in [5.74, 6) is 6.57. The SMILES string of the molecule is CC(C)(COc1ccc(NN)nn1)NCC(O)COc1cc(Cl)cc(Cl)c1. The van der Waals surface area contributed by atoms with Crippen molar-refractivity contribution in [2.45, 2.75) is 25.5 Å². The van der Waals surface area contributed by atoms with Gasteiger partial charge in [-0.15, -0.1) is 10.2 Å². The molecule has 148 valence electrons. The Hall–Kier alpha value is -1.84. The molecule has 8 nitrogen and oxygen atoms in total. The van der Waals surface area contributed by atoms with E-state index in [1.165, 1.54) is 0 Å². The summed E-state index contributed by atoms with van der Waals surface area (Å²) in [4.78, 5) is 0. The van der Waals surface area contributed by atoms with Crippen LogP contribution < -0.4 is 26.1 Å². The predicted molar refractivity (Wildman–Crippen MR) is 105 cm³/mol. The number of anilines is 1. The quantitative estimate of drug-likeness (QED) is 0.345. The molecule has 2 rings (SSSR count). The molecule has 5 N–H and O–H groups in total. The van der Waals surface area contributed by atoms with Crippen LogP contribution in [0.2, 0.25) is 10.0 Å². The Kier molecular flexibility index (Phi) is 7.88. The van der Waals surface area contributed by atoms with Gasteiger partial charge in [0.1, 0.15) is 25.1 Å². The second-order valence-electron chi connectivity index (χ2n) is 6.52. The van der Waals surface area contributed by atoms with Crippen molar-refractivity contribution < 1.29 is 14.6 Å². The fourth-order valence-electron chi connectivity index (χ4n) is 2.04. The fourth-order valence-corrected chi connectivity index (χ4v) is 2.54. The van der Waals surface area contributed by atoms with Gasteiger partial charge in [0, 0.05) is 28.2 Å². The van der Waals surface area contributed by atoms with E-state index in [9.17, 15) is 5.11 Å². The van der Waals surface area contributed by atoms with Crippen molar-refractivity contribution >= 4 is 29.0 Å². The number of nitrogens with two attached hydrogens (primary N) is 1. The minimum absolute atomic E-state index is 0.0969. The molecule has 0 bridgehead atoms. The lowest BCUT2D eigenvalue weighted by molar-refractivity contribution is 0.0923. The van der Waals surface area contributed by atoms with Crippen LogP contribution in [-0.4, -0.2) is 46.7 Å². The molecule has 0 aliphatic carbocycles. The lowest BCUT2D eigenvalue weighted by atomic mass is 10.1. The van der Waals surface area contributed by atoms with E-state index in [0.717, 1.165) is 0 Å². The molecular weight excluding hydrogens is 393 g/mol. The number of aromatic nitrogens is 2. The fraction of sp³-hybridized carbons (Fsp3) is 0.412. The average Bonchev–Trinajstić information content (AvgIpc) is 2.63. The average molecular weight is 416 g/mol. The molecule has 0 spiro atoms. The van der Waals surface area contributed by atoms with Crippen molar-refractivity contribution in [2.24, 2.45) is 5.84 Å². The number of β-amino-alcohol motifs (C(OH)–C–C–N with tert-alkyl or cyclic N) is 1. The molecule has 0 aliphatic heterocycles. The van der Waals surface area contributed by atoms with E-state index in [4.69, 9.17) is 38.5 Å². The van der Waals surface area contributed by atoms with Crippen molar-refractivity contribution in [3.63, 3.8) is 0 Å². The first-order valence-corrected chi connectivity index (χ1v) is 8.98. The largest absolute Gasteiger partial charge is 0.491 e. The summed E-state index contributed by atoms with van der Waals surface area (Å²) in [7, 11) is 0. The topological polar surface area (TPSA) is 115 Å². The van der Waals surface area contributed by atoms with Crippen LogP contribution in [0.25, 0.3) is 0 Å². The highest BCUT2D eigenvalue weighted by molar-refractivity contribution is 6.34. The normalized spacial score (nSPS) is 12.5. The Balaban J connectivity index is 1.74.